The molecule has 0 unspecified atom stereocenters. The average Bonchev–Trinajstić information content (AvgIpc) is 2.66. The first-order chi connectivity index (χ1) is 12.6. The molecule has 2 N–H and O–H groups in total. The molecule has 0 bridgehead atoms. The van der Waals surface area contributed by atoms with Crippen LogP contribution >= 0.6 is 0 Å². The van der Waals surface area contributed by atoms with Gasteiger partial charge in [-0.2, -0.15) is 0 Å². The minimum absolute atomic E-state index is 0.0875. The lowest BCUT2D eigenvalue weighted by molar-refractivity contribution is -0.119. The zero-order valence-electron chi connectivity index (χ0n) is 15.5. The van der Waals surface area contributed by atoms with Crippen molar-refractivity contribution < 1.29 is 13.9 Å². The second-order valence-corrected chi connectivity index (χ2v) is 5.96. The van der Waals surface area contributed by atoms with Gasteiger partial charge in [0.1, 0.15) is 12.4 Å². The molecule has 0 spiro atoms. The second kappa shape index (κ2) is 10.6. The van der Waals surface area contributed by atoms with Crippen molar-refractivity contribution in [1.29, 1.82) is 0 Å². The molecule has 1 aliphatic rings. The van der Waals surface area contributed by atoms with Gasteiger partial charge in [-0.1, -0.05) is 0 Å². The van der Waals surface area contributed by atoms with Crippen molar-refractivity contribution in [3.05, 3.63) is 30.1 Å². The van der Waals surface area contributed by atoms with Gasteiger partial charge in [-0.05, 0) is 31.2 Å². The SMILES string of the molecule is CCNC(=NCC(=O)NCCOC)N1CCN(c2ccc(F)cc2)CC1. The maximum Gasteiger partial charge on any atom is 0.241 e. The minimum Gasteiger partial charge on any atom is -0.383 e. The van der Waals surface area contributed by atoms with Gasteiger partial charge in [0.05, 0.1) is 6.61 Å². The monoisotopic (exact) mass is 365 g/mol. The highest BCUT2D eigenvalue weighted by Crippen LogP contribution is 2.16. The van der Waals surface area contributed by atoms with Crippen LogP contribution in [-0.4, -0.2) is 76.3 Å². The van der Waals surface area contributed by atoms with Crippen molar-refractivity contribution in [2.75, 3.05) is 64.4 Å². The van der Waals surface area contributed by atoms with E-state index < -0.39 is 0 Å². The van der Waals surface area contributed by atoms with Crippen molar-refractivity contribution in [3.8, 4) is 0 Å². The van der Waals surface area contributed by atoms with Gasteiger partial charge in [0.2, 0.25) is 5.91 Å². The Morgan fingerprint density at radius 2 is 1.88 bits per heavy atom. The second-order valence-electron chi connectivity index (χ2n) is 5.96. The van der Waals surface area contributed by atoms with E-state index in [1.54, 1.807) is 19.2 Å². The van der Waals surface area contributed by atoms with E-state index in [1.165, 1.54) is 12.1 Å². The molecule has 7 nitrogen and oxygen atoms in total. The number of carbonyl (C=O) groups is 1. The Balaban J connectivity index is 1.87. The van der Waals surface area contributed by atoms with Crippen molar-refractivity contribution in [1.82, 2.24) is 15.5 Å². The number of amides is 1. The van der Waals surface area contributed by atoms with Crippen molar-refractivity contribution in [2.24, 2.45) is 4.99 Å². The van der Waals surface area contributed by atoms with Crippen LogP contribution in [0.15, 0.2) is 29.3 Å². The van der Waals surface area contributed by atoms with E-state index in [0.717, 1.165) is 44.4 Å². The van der Waals surface area contributed by atoms with Crippen LogP contribution in [0.3, 0.4) is 0 Å². The number of benzene rings is 1. The fraction of sp³-hybridized carbons (Fsp3) is 0.556. The highest BCUT2D eigenvalue weighted by atomic mass is 19.1. The number of nitrogens with one attached hydrogen (secondary N) is 2. The Hall–Kier alpha value is -2.35. The van der Waals surface area contributed by atoms with Crippen LogP contribution in [0.25, 0.3) is 0 Å². The Morgan fingerprint density at radius 1 is 1.19 bits per heavy atom. The molecule has 1 amide bonds. The van der Waals surface area contributed by atoms with Crippen LogP contribution in [0.5, 0.6) is 0 Å². The van der Waals surface area contributed by atoms with Gasteiger partial charge in [-0.15, -0.1) is 0 Å². The van der Waals surface area contributed by atoms with Gasteiger partial charge >= 0.3 is 0 Å². The molecule has 26 heavy (non-hydrogen) atoms. The van der Waals surface area contributed by atoms with Gasteiger partial charge in [0.25, 0.3) is 0 Å². The molecule has 1 aliphatic heterocycles. The topological polar surface area (TPSA) is 69.2 Å². The molecule has 0 radical (unpaired) electrons. The van der Waals surface area contributed by atoms with Gasteiger partial charge in [0.15, 0.2) is 5.96 Å². The molecule has 8 heteroatoms. The first-order valence-electron chi connectivity index (χ1n) is 8.93. The molecule has 1 aromatic rings. The zero-order chi connectivity index (χ0) is 18.8. The lowest BCUT2D eigenvalue weighted by atomic mass is 10.2. The van der Waals surface area contributed by atoms with Crippen LogP contribution < -0.4 is 15.5 Å². The van der Waals surface area contributed by atoms with Gasteiger partial charge in [-0.25, -0.2) is 9.38 Å². The molecule has 144 valence electrons. The van der Waals surface area contributed by atoms with Gasteiger partial charge in [0, 0.05) is 52.1 Å². The van der Waals surface area contributed by atoms with Crippen LogP contribution in [0.2, 0.25) is 0 Å². The first kappa shape index (κ1) is 20.0. The predicted octanol–water partition coefficient (Wildman–Crippen LogP) is 0.676. The van der Waals surface area contributed by atoms with Crippen LogP contribution in [-0.2, 0) is 9.53 Å². The number of anilines is 1. The lowest BCUT2D eigenvalue weighted by Gasteiger charge is -2.37. The lowest BCUT2D eigenvalue weighted by Crippen LogP contribution is -2.52. The molecular formula is C18H28FN5O2. The fourth-order valence-electron chi connectivity index (χ4n) is 2.75. The third-order valence-electron chi connectivity index (χ3n) is 4.11. The van der Waals surface area contributed by atoms with Gasteiger partial charge in [-0.3, -0.25) is 4.79 Å². The summed E-state index contributed by atoms with van der Waals surface area (Å²) in [7, 11) is 1.60. The zero-order valence-corrected chi connectivity index (χ0v) is 15.5. The minimum atomic E-state index is -0.224. The molecular weight excluding hydrogens is 337 g/mol. The Morgan fingerprint density at radius 3 is 2.50 bits per heavy atom. The molecule has 0 atom stereocenters. The quantitative estimate of drug-likeness (QED) is 0.422. The molecule has 0 aliphatic carbocycles. The van der Waals surface area contributed by atoms with Crippen molar-refractivity contribution >= 4 is 17.6 Å². The number of halogens is 1. The number of nitrogens with zero attached hydrogens (tertiary/aromatic N) is 3. The standard InChI is InChI=1S/C18H28FN5O2/c1-3-20-18(22-14-17(25)21-8-13-26-2)24-11-9-23(10-12-24)16-6-4-15(19)5-7-16/h4-7H,3,8-14H2,1-2H3,(H,20,22)(H,21,25). The van der Waals surface area contributed by atoms with Crippen LogP contribution in [0.1, 0.15) is 6.92 Å². The maximum absolute atomic E-state index is 13.1. The van der Waals surface area contributed by atoms with Crippen LogP contribution in [0.4, 0.5) is 10.1 Å². The number of hydrogen-bond donors (Lipinski definition) is 2. The number of aliphatic imine (C=N–C) groups is 1. The molecule has 1 aromatic carbocycles. The van der Waals surface area contributed by atoms with E-state index in [-0.39, 0.29) is 18.3 Å². The summed E-state index contributed by atoms with van der Waals surface area (Å²) >= 11 is 0. The average molecular weight is 365 g/mol. The molecule has 1 saturated heterocycles. The molecule has 0 saturated carbocycles. The number of guanidine groups is 1. The fourth-order valence-corrected chi connectivity index (χ4v) is 2.75. The summed E-state index contributed by atoms with van der Waals surface area (Å²) in [6.07, 6.45) is 0. The van der Waals surface area contributed by atoms with E-state index in [0.29, 0.717) is 13.2 Å². The van der Waals surface area contributed by atoms with E-state index in [1.807, 2.05) is 6.92 Å². The normalized spacial score (nSPS) is 15.1. The number of ether oxygens (including phenoxy) is 1. The maximum atomic E-state index is 13.1. The van der Waals surface area contributed by atoms with E-state index in [9.17, 15) is 9.18 Å². The summed E-state index contributed by atoms with van der Waals surface area (Å²) < 4.78 is 18.0. The highest BCUT2D eigenvalue weighted by Gasteiger charge is 2.20. The smallest absolute Gasteiger partial charge is 0.241 e. The highest BCUT2D eigenvalue weighted by molar-refractivity contribution is 5.85. The van der Waals surface area contributed by atoms with Crippen molar-refractivity contribution in [2.45, 2.75) is 6.92 Å². The summed E-state index contributed by atoms with van der Waals surface area (Å²) in [4.78, 5) is 20.6. The number of piperazine rings is 1. The predicted molar refractivity (Wildman–Crippen MR) is 101 cm³/mol. The van der Waals surface area contributed by atoms with E-state index in [2.05, 4.69) is 25.4 Å². The van der Waals surface area contributed by atoms with Gasteiger partial charge < -0.3 is 25.2 Å². The summed E-state index contributed by atoms with van der Waals surface area (Å²) in [6, 6.07) is 6.56. The van der Waals surface area contributed by atoms with E-state index in [4.69, 9.17) is 4.74 Å². The molecule has 1 fully saturated rings. The largest absolute Gasteiger partial charge is 0.383 e. The summed E-state index contributed by atoms with van der Waals surface area (Å²) in [5, 5.41) is 6.00. The third-order valence-corrected chi connectivity index (χ3v) is 4.11. The van der Waals surface area contributed by atoms with E-state index >= 15 is 0 Å². The first-order valence-corrected chi connectivity index (χ1v) is 8.93. The summed E-state index contributed by atoms with van der Waals surface area (Å²) in [6.45, 7) is 7.00. The Bertz CT molecular complexity index is 586. The number of hydrogen-bond acceptors (Lipinski definition) is 4. The number of methoxy groups -OCH3 is 1. The summed E-state index contributed by atoms with van der Waals surface area (Å²) in [5.41, 5.74) is 1.02. The molecule has 2 rings (SSSR count). The molecule has 0 aromatic heterocycles. The number of rotatable bonds is 7. The Labute approximate surface area is 154 Å². The third kappa shape index (κ3) is 6.18. The van der Waals surface area contributed by atoms with Crippen molar-refractivity contribution in [3.63, 3.8) is 0 Å². The molecule has 1 heterocycles. The summed E-state index contributed by atoms with van der Waals surface area (Å²) in [5.74, 6) is 0.397. The van der Waals surface area contributed by atoms with Crippen LogP contribution in [0, 0.1) is 5.82 Å². The number of carbonyl (C=O) groups excluding carboxylic acids is 1. The Kier molecular flexibility index (Phi) is 8.14.